The van der Waals surface area contributed by atoms with Gasteiger partial charge in [0.25, 0.3) is 0 Å². The van der Waals surface area contributed by atoms with Crippen LogP contribution >= 0.6 is 15.9 Å². The predicted molar refractivity (Wildman–Crippen MR) is 71.4 cm³/mol. The number of carbonyl (C=O) groups excluding carboxylic acids is 1. The van der Waals surface area contributed by atoms with Crippen LogP contribution in [0.1, 0.15) is 18.6 Å². The molecule has 1 rings (SSSR count). The van der Waals surface area contributed by atoms with Crippen LogP contribution in [-0.2, 0) is 9.53 Å². The number of benzene rings is 1. The molecule has 1 unspecified atom stereocenters. The van der Waals surface area contributed by atoms with Gasteiger partial charge in [-0.3, -0.25) is 0 Å². The predicted octanol–water partition coefficient (Wildman–Crippen LogP) is 2.61. The zero-order valence-electron chi connectivity index (χ0n) is 10.3. The first-order valence-corrected chi connectivity index (χ1v) is 6.07. The highest BCUT2D eigenvalue weighted by molar-refractivity contribution is 9.10. The molecule has 0 saturated carbocycles. The summed E-state index contributed by atoms with van der Waals surface area (Å²) in [4.78, 5) is 11.2. The van der Waals surface area contributed by atoms with Gasteiger partial charge in [-0.25, -0.2) is 4.79 Å². The summed E-state index contributed by atoms with van der Waals surface area (Å²) in [6.45, 7) is 6.02. The number of ether oxygens (including phenoxy) is 2. The van der Waals surface area contributed by atoms with E-state index in [9.17, 15) is 9.90 Å². The average molecular weight is 315 g/mol. The number of carbonyl (C=O) groups is 1. The molecular weight excluding hydrogens is 300 g/mol. The maximum atomic E-state index is 11.2. The van der Waals surface area contributed by atoms with E-state index in [-0.39, 0.29) is 0 Å². The van der Waals surface area contributed by atoms with E-state index in [4.69, 9.17) is 4.74 Å². The second-order valence-electron chi connectivity index (χ2n) is 3.86. The quantitative estimate of drug-likeness (QED) is 0.670. The molecule has 0 aliphatic rings. The lowest BCUT2D eigenvalue weighted by atomic mass is 10.1. The Labute approximate surface area is 114 Å². The Hall–Kier alpha value is -1.33. The van der Waals surface area contributed by atoms with Gasteiger partial charge in [-0.05, 0) is 46.1 Å². The summed E-state index contributed by atoms with van der Waals surface area (Å²) in [6, 6.07) is 4.91. The van der Waals surface area contributed by atoms with Crippen molar-refractivity contribution in [3.05, 3.63) is 40.4 Å². The first kappa shape index (κ1) is 14.7. The Morgan fingerprint density at radius 2 is 2.22 bits per heavy atom. The molecule has 1 N–H and O–H groups in total. The molecule has 0 amide bonds. The Morgan fingerprint density at radius 1 is 1.56 bits per heavy atom. The third kappa shape index (κ3) is 3.85. The molecule has 0 fully saturated rings. The molecule has 0 heterocycles. The van der Waals surface area contributed by atoms with Crippen molar-refractivity contribution in [3.8, 4) is 5.75 Å². The largest absolute Gasteiger partial charge is 0.488 e. The van der Waals surface area contributed by atoms with E-state index in [1.807, 2.05) is 6.92 Å². The lowest BCUT2D eigenvalue weighted by Gasteiger charge is -2.12. The molecule has 0 saturated heterocycles. The summed E-state index contributed by atoms with van der Waals surface area (Å²) < 4.78 is 10.6. The van der Waals surface area contributed by atoms with Crippen LogP contribution in [0.15, 0.2) is 34.8 Å². The SMILES string of the molecule is C=C(C)COc1ccc(C(O)C(=O)OC)cc1Br. The van der Waals surface area contributed by atoms with Crippen molar-refractivity contribution in [2.45, 2.75) is 13.0 Å². The van der Waals surface area contributed by atoms with Gasteiger partial charge in [-0.1, -0.05) is 12.6 Å². The molecule has 1 atom stereocenters. The van der Waals surface area contributed by atoms with Gasteiger partial charge in [0.2, 0.25) is 0 Å². The van der Waals surface area contributed by atoms with Gasteiger partial charge >= 0.3 is 5.97 Å². The zero-order valence-corrected chi connectivity index (χ0v) is 11.9. The van der Waals surface area contributed by atoms with Crippen LogP contribution in [-0.4, -0.2) is 24.8 Å². The van der Waals surface area contributed by atoms with Crippen molar-refractivity contribution < 1.29 is 19.4 Å². The van der Waals surface area contributed by atoms with Crippen molar-refractivity contribution in [3.63, 3.8) is 0 Å². The summed E-state index contributed by atoms with van der Waals surface area (Å²) in [5, 5.41) is 9.67. The fraction of sp³-hybridized carbons (Fsp3) is 0.308. The van der Waals surface area contributed by atoms with Gasteiger partial charge < -0.3 is 14.6 Å². The summed E-state index contributed by atoms with van der Waals surface area (Å²) >= 11 is 3.32. The average Bonchev–Trinajstić information content (AvgIpc) is 2.35. The smallest absolute Gasteiger partial charge is 0.339 e. The highest BCUT2D eigenvalue weighted by Gasteiger charge is 2.18. The van der Waals surface area contributed by atoms with E-state index in [0.717, 1.165) is 5.57 Å². The van der Waals surface area contributed by atoms with Crippen molar-refractivity contribution in [2.24, 2.45) is 0 Å². The van der Waals surface area contributed by atoms with E-state index in [0.29, 0.717) is 22.4 Å². The topological polar surface area (TPSA) is 55.8 Å². The number of hydrogen-bond acceptors (Lipinski definition) is 4. The van der Waals surface area contributed by atoms with E-state index in [2.05, 4.69) is 27.2 Å². The highest BCUT2D eigenvalue weighted by atomic mass is 79.9. The maximum Gasteiger partial charge on any atom is 0.339 e. The number of esters is 1. The molecule has 0 aromatic heterocycles. The summed E-state index contributed by atoms with van der Waals surface area (Å²) in [5.41, 5.74) is 1.34. The molecule has 0 bridgehead atoms. The first-order chi connectivity index (χ1) is 8.45. The Kier molecular flexibility index (Phi) is 5.37. The van der Waals surface area contributed by atoms with Gasteiger partial charge in [0.15, 0.2) is 6.10 Å². The lowest BCUT2D eigenvalue weighted by molar-refractivity contribution is -0.150. The number of hydrogen-bond donors (Lipinski definition) is 1. The highest BCUT2D eigenvalue weighted by Crippen LogP contribution is 2.29. The van der Waals surface area contributed by atoms with E-state index in [1.165, 1.54) is 7.11 Å². The van der Waals surface area contributed by atoms with Gasteiger partial charge in [0.05, 0.1) is 11.6 Å². The minimum absolute atomic E-state index is 0.414. The van der Waals surface area contributed by atoms with E-state index >= 15 is 0 Å². The third-order valence-corrected chi connectivity index (χ3v) is 2.79. The molecule has 1 aromatic rings. The molecule has 0 aliphatic carbocycles. The number of aliphatic hydroxyl groups excluding tert-OH is 1. The molecular formula is C13H15BrO4. The molecule has 5 heteroatoms. The monoisotopic (exact) mass is 314 g/mol. The van der Waals surface area contributed by atoms with Crippen LogP contribution in [0.4, 0.5) is 0 Å². The number of halogens is 1. The second kappa shape index (κ2) is 6.56. The van der Waals surface area contributed by atoms with Crippen LogP contribution in [0.25, 0.3) is 0 Å². The summed E-state index contributed by atoms with van der Waals surface area (Å²) in [7, 11) is 1.23. The third-order valence-electron chi connectivity index (χ3n) is 2.17. The van der Waals surface area contributed by atoms with Crippen molar-refractivity contribution >= 4 is 21.9 Å². The molecule has 18 heavy (non-hydrogen) atoms. The second-order valence-corrected chi connectivity index (χ2v) is 4.72. The fourth-order valence-electron chi connectivity index (χ4n) is 1.25. The van der Waals surface area contributed by atoms with Gasteiger partial charge in [-0.15, -0.1) is 0 Å². The number of aliphatic hydroxyl groups is 1. The Morgan fingerprint density at radius 3 is 2.72 bits per heavy atom. The zero-order chi connectivity index (χ0) is 13.7. The van der Waals surface area contributed by atoms with Crippen LogP contribution in [0.3, 0.4) is 0 Å². The Balaban J connectivity index is 2.85. The molecule has 0 aliphatic heterocycles. The molecule has 0 spiro atoms. The molecule has 1 aromatic carbocycles. The fourth-order valence-corrected chi connectivity index (χ4v) is 1.76. The van der Waals surface area contributed by atoms with Crippen LogP contribution in [0.5, 0.6) is 5.75 Å². The Bertz CT molecular complexity index is 456. The summed E-state index contributed by atoms with van der Waals surface area (Å²) in [5.74, 6) is -0.0729. The minimum atomic E-state index is -1.29. The minimum Gasteiger partial charge on any atom is -0.488 e. The number of rotatable bonds is 5. The van der Waals surface area contributed by atoms with Crippen molar-refractivity contribution in [1.82, 2.24) is 0 Å². The van der Waals surface area contributed by atoms with Gasteiger partial charge in [0, 0.05) is 0 Å². The van der Waals surface area contributed by atoms with E-state index < -0.39 is 12.1 Å². The molecule has 4 nitrogen and oxygen atoms in total. The van der Waals surface area contributed by atoms with Gasteiger partial charge in [0.1, 0.15) is 12.4 Å². The summed E-state index contributed by atoms with van der Waals surface area (Å²) in [6.07, 6.45) is -1.29. The van der Waals surface area contributed by atoms with Crippen molar-refractivity contribution in [2.75, 3.05) is 13.7 Å². The molecule has 98 valence electrons. The normalized spacial score (nSPS) is 11.8. The standard InChI is InChI=1S/C13H15BrO4/c1-8(2)7-18-11-5-4-9(6-10(11)14)12(15)13(16)17-3/h4-6,12,15H,1,7H2,2-3H3. The first-order valence-electron chi connectivity index (χ1n) is 5.28. The van der Waals surface area contributed by atoms with Gasteiger partial charge in [-0.2, -0.15) is 0 Å². The van der Waals surface area contributed by atoms with Crippen LogP contribution in [0.2, 0.25) is 0 Å². The lowest BCUT2D eigenvalue weighted by Crippen LogP contribution is -2.13. The molecule has 0 radical (unpaired) electrons. The van der Waals surface area contributed by atoms with Crippen molar-refractivity contribution in [1.29, 1.82) is 0 Å². The van der Waals surface area contributed by atoms with Crippen LogP contribution < -0.4 is 4.74 Å². The van der Waals surface area contributed by atoms with E-state index in [1.54, 1.807) is 18.2 Å². The maximum absolute atomic E-state index is 11.2. The number of methoxy groups -OCH3 is 1. The van der Waals surface area contributed by atoms with Crippen LogP contribution in [0, 0.1) is 0 Å².